The van der Waals surface area contributed by atoms with E-state index in [4.69, 9.17) is 6.42 Å². The second kappa shape index (κ2) is 2.53. The first kappa shape index (κ1) is 6.14. The van der Waals surface area contributed by atoms with Crippen LogP contribution in [-0.2, 0) is 14.3 Å². The van der Waals surface area contributed by atoms with Gasteiger partial charge in [-0.1, -0.05) is 5.92 Å². The van der Waals surface area contributed by atoms with Crippen molar-refractivity contribution in [3.63, 3.8) is 0 Å². The molecule has 0 aromatic heterocycles. The highest BCUT2D eigenvalue weighted by molar-refractivity contribution is 8.68. The van der Waals surface area contributed by atoms with Gasteiger partial charge >= 0.3 is 0 Å². The summed E-state index contributed by atoms with van der Waals surface area (Å²) in [7, 11) is 0.000772. The molecular formula is C4H4O2S2. The summed E-state index contributed by atoms with van der Waals surface area (Å²) in [6, 6.07) is 0. The molecule has 0 spiro atoms. The van der Waals surface area contributed by atoms with Gasteiger partial charge in [0.05, 0.1) is 6.61 Å². The van der Waals surface area contributed by atoms with Crippen LogP contribution in [0.4, 0.5) is 0 Å². The number of terminal acetylenes is 1. The molecule has 1 rings (SSSR count). The third kappa shape index (κ3) is 1.25. The first-order valence-corrected chi connectivity index (χ1v) is 4.48. The lowest BCUT2D eigenvalue weighted by Gasteiger charge is -1.85. The molecule has 0 aromatic carbocycles. The van der Waals surface area contributed by atoms with E-state index >= 15 is 0 Å². The minimum atomic E-state index is -1.18. The van der Waals surface area contributed by atoms with Gasteiger partial charge in [-0.2, -0.15) is 0 Å². The van der Waals surface area contributed by atoms with Crippen LogP contribution in [0, 0.1) is 12.3 Å². The van der Waals surface area contributed by atoms with Crippen LogP contribution < -0.4 is 0 Å². The van der Waals surface area contributed by atoms with Crippen molar-refractivity contribution in [2.75, 3.05) is 6.61 Å². The standard InChI is InChI=1S/C4H4O2S2/c1-2-4-3-6-8(5)7-4/h1,4H,3H2. The highest BCUT2D eigenvalue weighted by atomic mass is 33.1. The second-order valence-electron chi connectivity index (χ2n) is 1.24. The second-order valence-corrected chi connectivity index (χ2v) is 4.04. The van der Waals surface area contributed by atoms with Crippen molar-refractivity contribution in [2.45, 2.75) is 5.25 Å². The molecule has 0 bridgehead atoms. The Morgan fingerprint density at radius 1 is 2.00 bits per heavy atom. The van der Waals surface area contributed by atoms with E-state index < -0.39 is 10.1 Å². The fourth-order valence-corrected chi connectivity index (χ4v) is 2.34. The average molecular weight is 148 g/mol. The predicted octanol–water partition coefficient (Wildman–Crippen LogP) is 0.330. The van der Waals surface area contributed by atoms with Crippen molar-refractivity contribution in [1.29, 1.82) is 0 Å². The lowest BCUT2D eigenvalue weighted by Crippen LogP contribution is -1.96. The summed E-state index contributed by atoms with van der Waals surface area (Å²) in [6.45, 7) is 0.424. The molecule has 0 saturated carbocycles. The zero-order valence-electron chi connectivity index (χ0n) is 3.99. The van der Waals surface area contributed by atoms with Crippen LogP contribution in [0.5, 0.6) is 0 Å². The zero-order chi connectivity index (χ0) is 5.98. The molecule has 1 saturated heterocycles. The van der Waals surface area contributed by atoms with Crippen LogP contribution in [0.3, 0.4) is 0 Å². The molecule has 1 fully saturated rings. The van der Waals surface area contributed by atoms with Crippen molar-refractivity contribution >= 4 is 20.9 Å². The Morgan fingerprint density at radius 3 is 3.00 bits per heavy atom. The first-order chi connectivity index (χ1) is 3.83. The molecular weight excluding hydrogens is 144 g/mol. The average Bonchev–Trinajstić information content (AvgIpc) is 2.14. The Kier molecular flexibility index (Phi) is 1.95. The van der Waals surface area contributed by atoms with Crippen molar-refractivity contribution < 1.29 is 8.39 Å². The maximum Gasteiger partial charge on any atom is 0.220 e. The number of hydrogen-bond acceptors (Lipinski definition) is 3. The van der Waals surface area contributed by atoms with Crippen LogP contribution in [0.25, 0.3) is 0 Å². The Morgan fingerprint density at radius 2 is 2.75 bits per heavy atom. The third-order valence-electron chi connectivity index (χ3n) is 0.696. The fraction of sp³-hybridized carbons (Fsp3) is 0.500. The quantitative estimate of drug-likeness (QED) is 0.366. The van der Waals surface area contributed by atoms with Crippen LogP contribution in [0.15, 0.2) is 0 Å². The highest BCUT2D eigenvalue weighted by Gasteiger charge is 2.20. The highest BCUT2D eigenvalue weighted by Crippen LogP contribution is 2.23. The van der Waals surface area contributed by atoms with E-state index in [0.29, 0.717) is 6.61 Å². The summed E-state index contributed by atoms with van der Waals surface area (Å²) in [6.07, 6.45) is 5.01. The van der Waals surface area contributed by atoms with Crippen molar-refractivity contribution in [1.82, 2.24) is 0 Å². The maximum absolute atomic E-state index is 10.4. The summed E-state index contributed by atoms with van der Waals surface area (Å²) in [5, 5.41) is -0.00386. The van der Waals surface area contributed by atoms with Crippen molar-refractivity contribution in [2.24, 2.45) is 0 Å². The molecule has 0 N–H and O–H groups in total. The molecule has 1 heterocycles. The molecule has 0 amide bonds. The molecule has 2 nitrogen and oxygen atoms in total. The molecule has 0 radical (unpaired) electrons. The van der Waals surface area contributed by atoms with Gasteiger partial charge in [0.2, 0.25) is 10.1 Å². The number of rotatable bonds is 0. The van der Waals surface area contributed by atoms with Gasteiger partial charge in [-0.15, -0.1) is 6.42 Å². The van der Waals surface area contributed by atoms with Crippen molar-refractivity contribution in [3.05, 3.63) is 0 Å². The van der Waals surface area contributed by atoms with E-state index in [1.807, 2.05) is 0 Å². The van der Waals surface area contributed by atoms with Crippen LogP contribution in [0.2, 0.25) is 0 Å². The van der Waals surface area contributed by atoms with E-state index in [1.165, 1.54) is 10.8 Å². The summed E-state index contributed by atoms with van der Waals surface area (Å²) in [5.74, 6) is 2.44. The molecule has 1 aliphatic heterocycles. The van der Waals surface area contributed by atoms with Crippen molar-refractivity contribution in [3.8, 4) is 12.3 Å². The van der Waals surface area contributed by atoms with Crippen LogP contribution in [0.1, 0.15) is 0 Å². The lowest BCUT2D eigenvalue weighted by atomic mass is 10.5. The zero-order valence-corrected chi connectivity index (χ0v) is 5.63. The van der Waals surface area contributed by atoms with Crippen LogP contribution >= 0.6 is 10.8 Å². The summed E-state index contributed by atoms with van der Waals surface area (Å²) >= 11 is 0. The Hall–Kier alpha value is 0.0200. The first-order valence-electron chi connectivity index (χ1n) is 2.01. The van der Waals surface area contributed by atoms with Gasteiger partial charge in [-0.05, 0) is 10.8 Å². The van der Waals surface area contributed by atoms with Gasteiger partial charge in [0.25, 0.3) is 0 Å². The molecule has 1 aliphatic rings. The molecule has 2 unspecified atom stereocenters. The smallest absolute Gasteiger partial charge is 0.220 e. The molecule has 8 heavy (non-hydrogen) atoms. The van der Waals surface area contributed by atoms with E-state index in [9.17, 15) is 4.21 Å². The van der Waals surface area contributed by atoms with Gasteiger partial charge in [0.15, 0.2) is 0 Å². The maximum atomic E-state index is 10.4. The Labute approximate surface area is 54.0 Å². The summed E-state index contributed by atoms with van der Waals surface area (Å²) in [5.41, 5.74) is 0. The largest absolute Gasteiger partial charge is 0.280 e. The van der Waals surface area contributed by atoms with Crippen LogP contribution in [-0.4, -0.2) is 16.1 Å². The molecule has 44 valence electrons. The molecule has 0 aromatic rings. The molecule has 0 aliphatic carbocycles. The predicted molar refractivity (Wildman–Crippen MR) is 34.3 cm³/mol. The normalized spacial score (nSPS) is 36.9. The minimum absolute atomic E-state index is 0.00386. The van der Waals surface area contributed by atoms with Gasteiger partial charge in [-0.25, -0.2) is 4.21 Å². The van der Waals surface area contributed by atoms with Gasteiger partial charge < -0.3 is 0 Å². The van der Waals surface area contributed by atoms with E-state index in [1.54, 1.807) is 0 Å². The fourth-order valence-electron chi connectivity index (χ4n) is 0.344. The summed E-state index contributed by atoms with van der Waals surface area (Å²) < 4.78 is 15.0. The SMILES string of the molecule is C#CC1COS(=O)S1. The lowest BCUT2D eigenvalue weighted by molar-refractivity contribution is 0.380. The van der Waals surface area contributed by atoms with E-state index in [-0.39, 0.29) is 5.25 Å². The van der Waals surface area contributed by atoms with Gasteiger partial charge in [-0.3, -0.25) is 4.18 Å². The topological polar surface area (TPSA) is 26.3 Å². The number of hydrogen-bond donors (Lipinski definition) is 0. The monoisotopic (exact) mass is 148 g/mol. The molecule has 4 heteroatoms. The summed E-state index contributed by atoms with van der Waals surface area (Å²) in [4.78, 5) is 0. The van der Waals surface area contributed by atoms with E-state index in [2.05, 4.69) is 10.1 Å². The minimum Gasteiger partial charge on any atom is -0.280 e. The Balaban J connectivity index is 2.47. The van der Waals surface area contributed by atoms with E-state index in [0.717, 1.165) is 0 Å². The van der Waals surface area contributed by atoms with Gasteiger partial charge in [0.1, 0.15) is 5.25 Å². The third-order valence-corrected chi connectivity index (χ3v) is 3.14. The van der Waals surface area contributed by atoms with Gasteiger partial charge in [0, 0.05) is 0 Å². The Bertz CT molecular complexity index is 149. The molecule has 2 atom stereocenters.